The Bertz CT molecular complexity index is 205. The molecule has 1 rings (SSSR count). The summed E-state index contributed by atoms with van der Waals surface area (Å²) >= 11 is 0. The van der Waals surface area contributed by atoms with Gasteiger partial charge in [0.25, 0.3) is 0 Å². The highest BCUT2D eigenvalue weighted by atomic mass is 16.6. The molecule has 0 unspecified atom stereocenters. The molecule has 0 aromatic carbocycles. The van der Waals surface area contributed by atoms with E-state index in [2.05, 4.69) is 0 Å². The van der Waals surface area contributed by atoms with E-state index in [-0.39, 0.29) is 16.8 Å². The Hall–Kier alpha value is -0.930. The van der Waals surface area contributed by atoms with Crippen LogP contribution in [0.5, 0.6) is 0 Å². The minimum atomic E-state index is -0.477. The lowest BCUT2D eigenvalue weighted by atomic mass is 9.87. The number of nitrogens with zero attached hydrogens (tertiary/aromatic N) is 1. The third-order valence-corrected chi connectivity index (χ3v) is 3.00. The van der Waals surface area contributed by atoms with Crippen LogP contribution < -0.4 is 0 Å². The molecule has 74 valence electrons. The number of hydrogen-bond donors (Lipinski definition) is 0. The summed E-state index contributed by atoms with van der Waals surface area (Å²) in [6, 6.07) is -0.477. The molecule has 3 atom stereocenters. The van der Waals surface area contributed by atoms with Gasteiger partial charge in [0.2, 0.25) is 6.04 Å². The van der Waals surface area contributed by atoms with Crippen LogP contribution in [0.25, 0.3) is 0 Å². The number of carbonyl (C=O) groups excluding carboxylic acids is 1. The summed E-state index contributed by atoms with van der Waals surface area (Å²) in [6.45, 7) is 1.91. The van der Waals surface area contributed by atoms with Crippen molar-refractivity contribution in [3.05, 3.63) is 10.1 Å². The topological polar surface area (TPSA) is 60.2 Å². The van der Waals surface area contributed by atoms with E-state index in [9.17, 15) is 14.9 Å². The van der Waals surface area contributed by atoms with E-state index < -0.39 is 6.04 Å². The van der Waals surface area contributed by atoms with Gasteiger partial charge in [-0.25, -0.2) is 0 Å². The van der Waals surface area contributed by atoms with Crippen molar-refractivity contribution in [1.82, 2.24) is 0 Å². The van der Waals surface area contributed by atoms with Crippen molar-refractivity contribution in [2.75, 3.05) is 0 Å². The van der Waals surface area contributed by atoms with E-state index in [0.29, 0.717) is 6.42 Å². The standard InChI is InChI=1S/C9H15NO3/c1-2-7(6-11)8-4-3-5-9(8)10(12)13/h6-9H,2-5H2,1H3/t7-,8+,9-/m0/s1. The second-order valence-electron chi connectivity index (χ2n) is 3.66. The highest BCUT2D eigenvalue weighted by molar-refractivity contribution is 5.54. The zero-order valence-electron chi connectivity index (χ0n) is 7.81. The van der Waals surface area contributed by atoms with Gasteiger partial charge >= 0.3 is 0 Å². The lowest BCUT2D eigenvalue weighted by Crippen LogP contribution is -2.30. The minimum absolute atomic E-state index is 0.0162. The smallest absolute Gasteiger partial charge is 0.216 e. The molecule has 0 N–H and O–H groups in total. The van der Waals surface area contributed by atoms with Crippen molar-refractivity contribution in [3.63, 3.8) is 0 Å². The largest absolute Gasteiger partial charge is 0.303 e. The van der Waals surface area contributed by atoms with Gasteiger partial charge in [0.1, 0.15) is 6.29 Å². The molecule has 0 aromatic heterocycles. The van der Waals surface area contributed by atoms with Crippen molar-refractivity contribution in [2.24, 2.45) is 11.8 Å². The zero-order chi connectivity index (χ0) is 9.84. The average molecular weight is 185 g/mol. The van der Waals surface area contributed by atoms with Gasteiger partial charge in [-0.15, -0.1) is 0 Å². The summed E-state index contributed by atoms with van der Waals surface area (Å²) in [5.74, 6) is -0.129. The predicted molar refractivity (Wildman–Crippen MR) is 48.0 cm³/mol. The molecule has 0 bridgehead atoms. The average Bonchev–Trinajstić information content (AvgIpc) is 2.55. The van der Waals surface area contributed by atoms with Crippen molar-refractivity contribution >= 4 is 6.29 Å². The molecule has 0 aliphatic heterocycles. The first-order chi connectivity index (χ1) is 6.20. The lowest BCUT2D eigenvalue weighted by molar-refractivity contribution is -0.530. The number of carbonyl (C=O) groups is 1. The first-order valence-electron chi connectivity index (χ1n) is 4.79. The lowest BCUT2D eigenvalue weighted by Gasteiger charge is -2.17. The van der Waals surface area contributed by atoms with Crippen molar-refractivity contribution < 1.29 is 9.72 Å². The molecule has 0 amide bonds. The quantitative estimate of drug-likeness (QED) is 0.380. The monoisotopic (exact) mass is 185 g/mol. The van der Waals surface area contributed by atoms with Crippen molar-refractivity contribution in [3.8, 4) is 0 Å². The third kappa shape index (κ3) is 2.05. The Balaban J connectivity index is 2.66. The number of hydrogen-bond acceptors (Lipinski definition) is 3. The number of rotatable bonds is 4. The fourth-order valence-electron chi connectivity index (χ4n) is 2.23. The van der Waals surface area contributed by atoms with Crippen LogP contribution in [0.2, 0.25) is 0 Å². The Kier molecular flexibility index (Phi) is 3.39. The molecule has 0 radical (unpaired) electrons. The van der Waals surface area contributed by atoms with E-state index >= 15 is 0 Å². The SMILES string of the molecule is CC[C@@H](C=O)[C@H]1CCC[C@@H]1[N+](=O)[O-]. The second kappa shape index (κ2) is 4.35. The second-order valence-corrected chi connectivity index (χ2v) is 3.66. The molecule has 0 saturated heterocycles. The highest BCUT2D eigenvalue weighted by Gasteiger charge is 2.40. The number of aldehydes is 1. The van der Waals surface area contributed by atoms with E-state index in [4.69, 9.17) is 0 Å². The van der Waals surface area contributed by atoms with E-state index in [0.717, 1.165) is 25.5 Å². The van der Waals surface area contributed by atoms with Gasteiger partial charge in [-0.1, -0.05) is 6.92 Å². The van der Waals surface area contributed by atoms with Crippen LogP contribution in [0.3, 0.4) is 0 Å². The fourth-order valence-corrected chi connectivity index (χ4v) is 2.23. The summed E-state index contributed by atoms with van der Waals surface area (Å²) in [6.07, 6.45) is 3.97. The van der Waals surface area contributed by atoms with Crippen LogP contribution in [-0.2, 0) is 4.79 Å². The first kappa shape index (κ1) is 10.2. The normalized spacial score (nSPS) is 29.9. The van der Waals surface area contributed by atoms with Crippen LogP contribution in [0.15, 0.2) is 0 Å². The molecule has 1 aliphatic carbocycles. The molecule has 1 saturated carbocycles. The van der Waals surface area contributed by atoms with Crippen LogP contribution in [0.4, 0.5) is 0 Å². The summed E-state index contributed by atoms with van der Waals surface area (Å²) in [7, 11) is 0. The minimum Gasteiger partial charge on any atom is -0.303 e. The van der Waals surface area contributed by atoms with E-state index in [1.54, 1.807) is 0 Å². The van der Waals surface area contributed by atoms with Gasteiger partial charge in [-0.2, -0.15) is 0 Å². The maximum absolute atomic E-state index is 10.7. The van der Waals surface area contributed by atoms with Gasteiger partial charge in [-0.05, 0) is 19.3 Å². The first-order valence-corrected chi connectivity index (χ1v) is 4.79. The predicted octanol–water partition coefficient (Wildman–Crippen LogP) is 1.66. The molecule has 4 heteroatoms. The number of nitro groups is 1. The van der Waals surface area contributed by atoms with Gasteiger partial charge in [0, 0.05) is 23.2 Å². The summed E-state index contributed by atoms with van der Waals surface area (Å²) in [5.41, 5.74) is 0. The maximum atomic E-state index is 10.7. The Labute approximate surface area is 77.5 Å². The molecular weight excluding hydrogens is 170 g/mol. The fraction of sp³-hybridized carbons (Fsp3) is 0.889. The van der Waals surface area contributed by atoms with Crippen molar-refractivity contribution in [1.29, 1.82) is 0 Å². The molecule has 0 aromatic rings. The molecule has 13 heavy (non-hydrogen) atoms. The molecular formula is C9H15NO3. The Morgan fingerprint density at radius 1 is 1.62 bits per heavy atom. The van der Waals surface area contributed by atoms with Gasteiger partial charge in [0.15, 0.2) is 0 Å². The molecule has 0 spiro atoms. The van der Waals surface area contributed by atoms with E-state index in [1.165, 1.54) is 0 Å². The summed E-state index contributed by atoms with van der Waals surface area (Å²) in [5, 5.41) is 10.6. The Morgan fingerprint density at radius 3 is 2.77 bits per heavy atom. The van der Waals surface area contributed by atoms with Crippen LogP contribution in [0.1, 0.15) is 32.6 Å². The summed E-state index contributed by atoms with van der Waals surface area (Å²) < 4.78 is 0. The highest BCUT2D eigenvalue weighted by Crippen LogP contribution is 2.34. The van der Waals surface area contributed by atoms with Crippen LogP contribution >= 0.6 is 0 Å². The molecule has 1 aliphatic rings. The molecule has 0 heterocycles. The van der Waals surface area contributed by atoms with Gasteiger partial charge in [0.05, 0.1) is 0 Å². The maximum Gasteiger partial charge on any atom is 0.216 e. The molecule has 1 fully saturated rings. The van der Waals surface area contributed by atoms with E-state index in [1.807, 2.05) is 6.92 Å². The van der Waals surface area contributed by atoms with Crippen LogP contribution in [0, 0.1) is 22.0 Å². The zero-order valence-corrected chi connectivity index (χ0v) is 7.81. The van der Waals surface area contributed by atoms with Crippen molar-refractivity contribution in [2.45, 2.75) is 38.6 Å². The summed E-state index contributed by atoms with van der Waals surface area (Å²) in [4.78, 5) is 21.1. The third-order valence-electron chi connectivity index (χ3n) is 3.00. The molecule has 4 nitrogen and oxygen atoms in total. The van der Waals surface area contributed by atoms with Crippen LogP contribution in [-0.4, -0.2) is 17.3 Å². The van der Waals surface area contributed by atoms with Gasteiger partial charge in [-0.3, -0.25) is 10.1 Å². The Morgan fingerprint density at radius 2 is 2.31 bits per heavy atom. The van der Waals surface area contributed by atoms with Gasteiger partial charge < -0.3 is 4.79 Å².